The molecule has 3 rings (SSSR count). The molecule has 1 aromatic carbocycles. The van der Waals surface area contributed by atoms with Gasteiger partial charge in [0.2, 0.25) is 0 Å². The number of rotatable bonds is 2. The minimum Gasteiger partial charge on any atom is -0.378 e. The molecule has 1 aliphatic rings. The number of hydrogen-bond donors (Lipinski definition) is 0. The summed E-state index contributed by atoms with van der Waals surface area (Å²) in [5.74, 6) is 0.984. The predicted octanol–water partition coefficient (Wildman–Crippen LogP) is 2.58. The van der Waals surface area contributed by atoms with Crippen molar-refractivity contribution in [3.63, 3.8) is 0 Å². The Kier molecular flexibility index (Phi) is 3.40. The first-order chi connectivity index (χ1) is 9.65. The van der Waals surface area contributed by atoms with E-state index in [9.17, 15) is 4.79 Å². The Hall–Kier alpha value is -1.94. The standard InChI is InChI=1S/C16H18N2O2/c1-11-9-13-3-4-15(18-5-7-20-8-6-18)17-16(13)14(10-11)12(2)19/h3-4,9-10H,5-8H2,1-2H3. The molecule has 1 aromatic heterocycles. The molecule has 0 atom stereocenters. The fourth-order valence-corrected chi connectivity index (χ4v) is 2.61. The number of morpholine rings is 1. The van der Waals surface area contributed by atoms with E-state index in [0.29, 0.717) is 5.56 Å². The molecule has 20 heavy (non-hydrogen) atoms. The average Bonchev–Trinajstić information content (AvgIpc) is 2.46. The smallest absolute Gasteiger partial charge is 0.162 e. The number of nitrogens with zero attached hydrogens (tertiary/aromatic N) is 2. The maximum absolute atomic E-state index is 11.8. The number of ketones is 1. The number of ether oxygens (including phenoxy) is 1. The van der Waals surface area contributed by atoms with Crippen LogP contribution in [0.1, 0.15) is 22.8 Å². The number of hydrogen-bond acceptors (Lipinski definition) is 4. The number of Topliss-reactive ketones (excluding diaryl/α,β-unsaturated/α-hetero) is 1. The van der Waals surface area contributed by atoms with E-state index in [-0.39, 0.29) is 5.78 Å². The van der Waals surface area contributed by atoms with Gasteiger partial charge in [-0.05, 0) is 43.7 Å². The highest BCUT2D eigenvalue weighted by Crippen LogP contribution is 2.24. The van der Waals surface area contributed by atoms with E-state index in [4.69, 9.17) is 9.72 Å². The van der Waals surface area contributed by atoms with E-state index in [1.807, 2.05) is 25.1 Å². The SMILES string of the molecule is CC(=O)c1cc(C)cc2ccc(N3CCOCC3)nc12. The summed E-state index contributed by atoms with van der Waals surface area (Å²) in [6.07, 6.45) is 0. The molecular weight excluding hydrogens is 252 g/mol. The monoisotopic (exact) mass is 270 g/mol. The van der Waals surface area contributed by atoms with Crippen molar-refractivity contribution < 1.29 is 9.53 Å². The first-order valence-electron chi connectivity index (χ1n) is 6.90. The van der Waals surface area contributed by atoms with Crippen LogP contribution in [-0.2, 0) is 4.74 Å². The van der Waals surface area contributed by atoms with Gasteiger partial charge in [-0.15, -0.1) is 0 Å². The van der Waals surface area contributed by atoms with E-state index in [2.05, 4.69) is 11.0 Å². The molecule has 4 heteroatoms. The molecule has 0 bridgehead atoms. The van der Waals surface area contributed by atoms with Gasteiger partial charge in [0.25, 0.3) is 0 Å². The van der Waals surface area contributed by atoms with Crippen LogP contribution in [0.4, 0.5) is 5.82 Å². The Morgan fingerprint density at radius 1 is 1.25 bits per heavy atom. The first kappa shape index (κ1) is 13.1. The van der Waals surface area contributed by atoms with E-state index in [1.54, 1.807) is 6.92 Å². The number of benzene rings is 1. The number of fused-ring (bicyclic) bond motifs is 1. The van der Waals surface area contributed by atoms with E-state index in [1.165, 1.54) is 0 Å². The van der Waals surface area contributed by atoms with E-state index >= 15 is 0 Å². The van der Waals surface area contributed by atoms with Crippen molar-refractivity contribution in [2.24, 2.45) is 0 Å². The van der Waals surface area contributed by atoms with Gasteiger partial charge in [-0.3, -0.25) is 4.79 Å². The van der Waals surface area contributed by atoms with Crippen LogP contribution in [0.5, 0.6) is 0 Å². The van der Waals surface area contributed by atoms with Gasteiger partial charge in [0, 0.05) is 24.0 Å². The van der Waals surface area contributed by atoms with Crippen LogP contribution >= 0.6 is 0 Å². The Bertz CT molecular complexity index is 661. The molecule has 0 aliphatic carbocycles. The van der Waals surface area contributed by atoms with Crippen molar-refractivity contribution >= 4 is 22.5 Å². The molecule has 2 heterocycles. The molecule has 0 amide bonds. The number of carbonyl (C=O) groups is 1. The maximum Gasteiger partial charge on any atom is 0.162 e. The Labute approximate surface area is 118 Å². The first-order valence-corrected chi connectivity index (χ1v) is 6.90. The van der Waals surface area contributed by atoms with Crippen molar-refractivity contribution in [1.82, 2.24) is 4.98 Å². The third kappa shape index (κ3) is 2.39. The van der Waals surface area contributed by atoms with Crippen LogP contribution < -0.4 is 4.90 Å². The molecule has 2 aromatic rings. The third-order valence-corrected chi connectivity index (χ3v) is 3.64. The van der Waals surface area contributed by atoms with Crippen molar-refractivity contribution in [3.8, 4) is 0 Å². The summed E-state index contributed by atoms with van der Waals surface area (Å²) in [7, 11) is 0. The highest BCUT2D eigenvalue weighted by molar-refractivity contribution is 6.06. The van der Waals surface area contributed by atoms with Crippen molar-refractivity contribution in [2.45, 2.75) is 13.8 Å². The quantitative estimate of drug-likeness (QED) is 0.787. The number of pyridine rings is 1. The van der Waals surface area contributed by atoms with Crippen LogP contribution in [0, 0.1) is 6.92 Å². The summed E-state index contributed by atoms with van der Waals surface area (Å²) in [4.78, 5) is 18.7. The molecular formula is C16H18N2O2. The van der Waals surface area contributed by atoms with Crippen LogP contribution in [0.3, 0.4) is 0 Å². The van der Waals surface area contributed by atoms with Gasteiger partial charge in [-0.2, -0.15) is 0 Å². The average molecular weight is 270 g/mol. The van der Waals surface area contributed by atoms with Gasteiger partial charge < -0.3 is 9.64 Å². The fourth-order valence-electron chi connectivity index (χ4n) is 2.61. The zero-order valence-electron chi connectivity index (χ0n) is 11.8. The van der Waals surface area contributed by atoms with Gasteiger partial charge in [0.1, 0.15) is 5.82 Å². The Morgan fingerprint density at radius 2 is 2.00 bits per heavy atom. The lowest BCUT2D eigenvalue weighted by atomic mass is 10.0. The van der Waals surface area contributed by atoms with E-state index < -0.39 is 0 Å². The largest absolute Gasteiger partial charge is 0.378 e. The van der Waals surface area contributed by atoms with Crippen molar-refractivity contribution in [2.75, 3.05) is 31.2 Å². The number of anilines is 1. The second-order valence-electron chi connectivity index (χ2n) is 5.21. The summed E-state index contributed by atoms with van der Waals surface area (Å²) < 4.78 is 5.36. The van der Waals surface area contributed by atoms with Gasteiger partial charge in [-0.1, -0.05) is 0 Å². The maximum atomic E-state index is 11.8. The fraction of sp³-hybridized carbons (Fsp3) is 0.375. The van der Waals surface area contributed by atoms with Crippen LogP contribution in [0.25, 0.3) is 10.9 Å². The van der Waals surface area contributed by atoms with E-state index in [0.717, 1.165) is 48.6 Å². The molecule has 4 nitrogen and oxygen atoms in total. The van der Waals surface area contributed by atoms with Gasteiger partial charge in [0.05, 0.1) is 18.7 Å². The Balaban J connectivity index is 2.11. The van der Waals surface area contributed by atoms with Crippen molar-refractivity contribution in [1.29, 1.82) is 0 Å². The minimum atomic E-state index is 0.0605. The van der Waals surface area contributed by atoms with Crippen LogP contribution in [-0.4, -0.2) is 37.1 Å². The molecule has 104 valence electrons. The number of carbonyl (C=O) groups excluding carboxylic acids is 1. The second-order valence-corrected chi connectivity index (χ2v) is 5.21. The molecule has 1 aliphatic heterocycles. The minimum absolute atomic E-state index is 0.0605. The lowest BCUT2D eigenvalue weighted by molar-refractivity contribution is 0.101. The van der Waals surface area contributed by atoms with Gasteiger partial charge in [-0.25, -0.2) is 4.98 Å². The summed E-state index contributed by atoms with van der Waals surface area (Å²) in [5.41, 5.74) is 2.59. The predicted molar refractivity (Wildman–Crippen MR) is 79.5 cm³/mol. The molecule has 0 unspecified atom stereocenters. The van der Waals surface area contributed by atoms with Crippen molar-refractivity contribution in [3.05, 3.63) is 35.4 Å². The lowest BCUT2D eigenvalue weighted by Crippen LogP contribution is -2.36. The normalized spacial score (nSPS) is 15.6. The lowest BCUT2D eigenvalue weighted by Gasteiger charge is -2.28. The molecule has 1 fully saturated rings. The molecule has 0 spiro atoms. The molecule has 0 N–H and O–H groups in total. The molecule has 1 saturated heterocycles. The van der Waals surface area contributed by atoms with Gasteiger partial charge in [0.15, 0.2) is 5.78 Å². The zero-order chi connectivity index (χ0) is 14.1. The summed E-state index contributed by atoms with van der Waals surface area (Å²) in [5, 5.41) is 1.02. The van der Waals surface area contributed by atoms with Crippen LogP contribution in [0.2, 0.25) is 0 Å². The second kappa shape index (κ2) is 5.21. The van der Waals surface area contributed by atoms with Gasteiger partial charge >= 0.3 is 0 Å². The summed E-state index contributed by atoms with van der Waals surface area (Å²) >= 11 is 0. The molecule has 0 radical (unpaired) electrons. The molecule has 0 saturated carbocycles. The zero-order valence-corrected chi connectivity index (χ0v) is 11.8. The summed E-state index contributed by atoms with van der Waals surface area (Å²) in [6.45, 7) is 6.75. The summed E-state index contributed by atoms with van der Waals surface area (Å²) in [6, 6.07) is 8.06. The highest BCUT2D eigenvalue weighted by Gasteiger charge is 2.15. The Morgan fingerprint density at radius 3 is 2.70 bits per heavy atom. The van der Waals surface area contributed by atoms with Crippen LogP contribution in [0.15, 0.2) is 24.3 Å². The third-order valence-electron chi connectivity index (χ3n) is 3.64. The topological polar surface area (TPSA) is 42.4 Å². The number of aryl methyl sites for hydroxylation is 1. The number of aromatic nitrogens is 1. The highest BCUT2D eigenvalue weighted by atomic mass is 16.5.